The van der Waals surface area contributed by atoms with Gasteiger partial charge in [-0.15, -0.1) is 0 Å². The first-order chi connectivity index (χ1) is 9.24. The zero-order chi connectivity index (χ0) is 15.1. The first kappa shape index (κ1) is 15.8. The summed E-state index contributed by atoms with van der Waals surface area (Å²) >= 11 is 0. The summed E-state index contributed by atoms with van der Waals surface area (Å²) in [7, 11) is 0. The molecule has 20 heavy (non-hydrogen) atoms. The zero-order valence-electron chi connectivity index (χ0n) is 14.1. The van der Waals surface area contributed by atoms with Crippen molar-refractivity contribution in [2.75, 3.05) is 0 Å². The van der Waals surface area contributed by atoms with Crippen molar-refractivity contribution in [2.24, 2.45) is 17.3 Å². The van der Waals surface area contributed by atoms with Crippen molar-refractivity contribution in [3.8, 4) is 0 Å². The number of nitrogens with one attached hydrogen (secondary N) is 1. The van der Waals surface area contributed by atoms with E-state index in [0.717, 1.165) is 6.42 Å². The second kappa shape index (κ2) is 5.67. The van der Waals surface area contributed by atoms with Crippen molar-refractivity contribution < 1.29 is 4.79 Å². The summed E-state index contributed by atoms with van der Waals surface area (Å²) in [6.07, 6.45) is 4.95. The van der Waals surface area contributed by atoms with Crippen LogP contribution in [0.3, 0.4) is 0 Å². The fourth-order valence-electron chi connectivity index (χ4n) is 3.97. The predicted molar refractivity (Wildman–Crippen MR) is 83.3 cm³/mol. The van der Waals surface area contributed by atoms with Crippen molar-refractivity contribution in [1.82, 2.24) is 10.2 Å². The summed E-state index contributed by atoms with van der Waals surface area (Å²) in [6.45, 7) is 13.4. The van der Waals surface area contributed by atoms with Gasteiger partial charge < -0.3 is 4.90 Å². The summed E-state index contributed by atoms with van der Waals surface area (Å²) in [4.78, 5) is 15.1. The minimum atomic E-state index is 0.00940. The molecule has 3 atom stereocenters. The van der Waals surface area contributed by atoms with Gasteiger partial charge in [-0.2, -0.15) is 0 Å². The van der Waals surface area contributed by atoms with Crippen LogP contribution in [0.1, 0.15) is 67.2 Å². The molecule has 0 radical (unpaired) electrons. The maximum Gasteiger partial charge on any atom is 0.241 e. The zero-order valence-corrected chi connectivity index (χ0v) is 14.1. The molecule has 0 spiro atoms. The van der Waals surface area contributed by atoms with Gasteiger partial charge in [-0.25, -0.2) is 0 Å². The highest BCUT2D eigenvalue weighted by Crippen LogP contribution is 2.43. The monoisotopic (exact) mass is 280 g/mol. The van der Waals surface area contributed by atoms with Gasteiger partial charge in [-0.3, -0.25) is 10.1 Å². The van der Waals surface area contributed by atoms with Crippen molar-refractivity contribution in [3.63, 3.8) is 0 Å². The molecule has 0 aromatic heterocycles. The first-order valence-corrected chi connectivity index (χ1v) is 8.32. The van der Waals surface area contributed by atoms with Crippen LogP contribution in [0.15, 0.2) is 0 Å². The number of amides is 1. The number of hydrogen-bond donors (Lipinski definition) is 1. The highest BCUT2D eigenvalue weighted by atomic mass is 16.2. The SMILES string of the molecule is CC(C)CC1NC(C(C)C)C(=O)N1C1CCCC1(C)C. The smallest absolute Gasteiger partial charge is 0.241 e. The van der Waals surface area contributed by atoms with Crippen LogP contribution in [-0.2, 0) is 4.79 Å². The van der Waals surface area contributed by atoms with Crippen LogP contribution in [0, 0.1) is 17.3 Å². The van der Waals surface area contributed by atoms with Crippen molar-refractivity contribution in [2.45, 2.75) is 85.5 Å². The van der Waals surface area contributed by atoms with Crippen LogP contribution < -0.4 is 5.32 Å². The first-order valence-electron chi connectivity index (χ1n) is 8.32. The minimum Gasteiger partial charge on any atom is -0.322 e. The molecule has 1 aliphatic carbocycles. The third kappa shape index (κ3) is 2.88. The Kier molecular flexibility index (Phi) is 4.48. The Labute approximate surface area is 124 Å². The molecule has 3 nitrogen and oxygen atoms in total. The lowest BCUT2D eigenvalue weighted by Gasteiger charge is -2.39. The summed E-state index contributed by atoms with van der Waals surface area (Å²) in [5, 5.41) is 3.61. The van der Waals surface area contributed by atoms with Gasteiger partial charge in [-0.05, 0) is 36.5 Å². The molecular formula is C17H32N2O. The molecule has 2 rings (SSSR count). The van der Waals surface area contributed by atoms with E-state index in [4.69, 9.17) is 0 Å². The Balaban J connectivity index is 2.23. The number of nitrogens with zero attached hydrogens (tertiary/aromatic N) is 1. The maximum absolute atomic E-state index is 12.9. The van der Waals surface area contributed by atoms with Crippen molar-refractivity contribution >= 4 is 5.91 Å². The predicted octanol–water partition coefficient (Wildman–Crippen LogP) is 3.39. The maximum atomic E-state index is 12.9. The van der Waals surface area contributed by atoms with Gasteiger partial charge in [0, 0.05) is 6.04 Å². The van der Waals surface area contributed by atoms with Crippen LogP contribution >= 0.6 is 0 Å². The highest BCUT2D eigenvalue weighted by molar-refractivity contribution is 5.85. The van der Waals surface area contributed by atoms with E-state index < -0.39 is 0 Å². The number of carbonyl (C=O) groups excluding carboxylic acids is 1. The molecule has 3 heteroatoms. The van der Waals surface area contributed by atoms with E-state index >= 15 is 0 Å². The van der Waals surface area contributed by atoms with Crippen LogP contribution in [0.4, 0.5) is 0 Å². The van der Waals surface area contributed by atoms with E-state index in [1.807, 2.05) is 0 Å². The number of carbonyl (C=O) groups is 1. The third-order valence-corrected chi connectivity index (χ3v) is 5.13. The number of rotatable bonds is 4. The average molecular weight is 280 g/mol. The van der Waals surface area contributed by atoms with E-state index in [1.54, 1.807) is 0 Å². The van der Waals surface area contributed by atoms with Crippen LogP contribution in [0.5, 0.6) is 0 Å². The molecule has 2 aliphatic rings. The van der Waals surface area contributed by atoms with E-state index in [2.05, 4.69) is 51.8 Å². The minimum absolute atomic E-state index is 0.00940. The number of hydrogen-bond acceptors (Lipinski definition) is 2. The van der Waals surface area contributed by atoms with Gasteiger partial charge in [0.2, 0.25) is 5.91 Å². The Bertz CT molecular complexity index is 362. The molecule has 1 amide bonds. The lowest BCUT2D eigenvalue weighted by Crippen LogP contribution is -2.49. The molecule has 1 aliphatic heterocycles. The summed E-state index contributed by atoms with van der Waals surface area (Å²) in [6, 6.07) is 0.421. The van der Waals surface area contributed by atoms with Crippen LogP contribution in [0.25, 0.3) is 0 Å². The van der Waals surface area contributed by atoms with Gasteiger partial charge in [0.15, 0.2) is 0 Å². The van der Waals surface area contributed by atoms with Crippen LogP contribution in [0.2, 0.25) is 0 Å². The van der Waals surface area contributed by atoms with Gasteiger partial charge in [0.25, 0.3) is 0 Å². The molecule has 1 heterocycles. The van der Waals surface area contributed by atoms with E-state index in [0.29, 0.717) is 23.8 Å². The van der Waals surface area contributed by atoms with E-state index in [9.17, 15) is 4.79 Å². The molecule has 2 fully saturated rings. The van der Waals surface area contributed by atoms with Crippen molar-refractivity contribution in [1.29, 1.82) is 0 Å². The quantitative estimate of drug-likeness (QED) is 0.856. The summed E-state index contributed by atoms with van der Waals surface area (Å²) in [5.41, 5.74) is 0.262. The molecule has 3 unspecified atom stereocenters. The molecule has 1 saturated carbocycles. The Hall–Kier alpha value is -0.570. The Morgan fingerprint density at radius 3 is 2.40 bits per heavy atom. The van der Waals surface area contributed by atoms with Crippen LogP contribution in [-0.4, -0.2) is 29.1 Å². The second-order valence-electron chi connectivity index (χ2n) is 8.18. The molecule has 116 valence electrons. The van der Waals surface area contributed by atoms with Crippen molar-refractivity contribution in [3.05, 3.63) is 0 Å². The lowest BCUT2D eigenvalue weighted by atomic mass is 9.85. The van der Waals surface area contributed by atoms with E-state index in [1.165, 1.54) is 19.3 Å². The highest BCUT2D eigenvalue weighted by Gasteiger charge is 2.49. The third-order valence-electron chi connectivity index (χ3n) is 5.13. The summed E-state index contributed by atoms with van der Waals surface area (Å²) in [5.74, 6) is 1.32. The molecule has 1 saturated heterocycles. The van der Waals surface area contributed by atoms with Gasteiger partial charge in [0.1, 0.15) is 0 Å². The van der Waals surface area contributed by atoms with Gasteiger partial charge in [0.05, 0.1) is 12.2 Å². The summed E-state index contributed by atoms with van der Waals surface area (Å²) < 4.78 is 0. The molecule has 0 bridgehead atoms. The topological polar surface area (TPSA) is 32.3 Å². The molecule has 0 aromatic rings. The van der Waals surface area contributed by atoms with Gasteiger partial charge >= 0.3 is 0 Å². The Morgan fingerprint density at radius 2 is 1.95 bits per heavy atom. The molecular weight excluding hydrogens is 248 g/mol. The average Bonchev–Trinajstić information content (AvgIpc) is 2.78. The largest absolute Gasteiger partial charge is 0.322 e. The van der Waals surface area contributed by atoms with E-state index in [-0.39, 0.29) is 17.6 Å². The lowest BCUT2D eigenvalue weighted by molar-refractivity contribution is -0.135. The Morgan fingerprint density at radius 1 is 1.30 bits per heavy atom. The van der Waals surface area contributed by atoms with Gasteiger partial charge in [-0.1, -0.05) is 48.0 Å². The standard InChI is InChI=1S/C17H32N2O/c1-11(2)10-14-18-15(12(3)4)16(20)19(14)13-8-7-9-17(13,5)6/h11-15,18H,7-10H2,1-6H3. The fraction of sp³-hybridized carbons (Fsp3) is 0.941. The normalized spacial score (nSPS) is 33.7. The second-order valence-corrected chi connectivity index (χ2v) is 8.18. The molecule has 0 aromatic carbocycles. The fourth-order valence-corrected chi connectivity index (χ4v) is 3.97. The molecule has 1 N–H and O–H groups in total.